The average Bonchev–Trinajstić information content (AvgIpc) is 2.42. The Bertz CT molecular complexity index is 455. The van der Waals surface area contributed by atoms with E-state index < -0.39 is 0 Å². The molecule has 0 bridgehead atoms. The van der Waals surface area contributed by atoms with Crippen molar-refractivity contribution in [3.8, 4) is 0 Å². The Labute approximate surface area is 127 Å². The van der Waals surface area contributed by atoms with Crippen LogP contribution < -0.4 is 5.32 Å². The summed E-state index contributed by atoms with van der Waals surface area (Å²) in [6.07, 6.45) is 2.14. The first kappa shape index (κ1) is 16.9. The minimum absolute atomic E-state index is 0.208. The Hall–Kier alpha value is -1.16. The SMILES string of the molecule is CN=C(NCC(C)(C)SC)N(C)Cc1ccccc1C. The summed E-state index contributed by atoms with van der Waals surface area (Å²) in [5.74, 6) is 0.940. The molecule has 1 rings (SSSR count). The number of nitrogens with one attached hydrogen (secondary N) is 1. The molecule has 0 saturated carbocycles. The molecule has 0 fully saturated rings. The number of aryl methyl sites for hydroxylation is 1. The molecule has 1 N–H and O–H groups in total. The highest BCUT2D eigenvalue weighted by atomic mass is 32.2. The summed E-state index contributed by atoms with van der Waals surface area (Å²) < 4.78 is 0.208. The maximum absolute atomic E-state index is 4.37. The lowest BCUT2D eigenvalue weighted by atomic mass is 10.1. The van der Waals surface area contributed by atoms with Crippen LogP contribution >= 0.6 is 11.8 Å². The van der Waals surface area contributed by atoms with Crippen molar-refractivity contribution >= 4 is 17.7 Å². The van der Waals surface area contributed by atoms with Gasteiger partial charge in [-0.3, -0.25) is 4.99 Å². The predicted octanol–water partition coefficient (Wildman–Crippen LogP) is 3.14. The second-order valence-corrected chi connectivity index (χ2v) is 7.16. The quantitative estimate of drug-likeness (QED) is 0.667. The van der Waals surface area contributed by atoms with Crippen LogP contribution in [0.25, 0.3) is 0 Å². The number of guanidine groups is 1. The van der Waals surface area contributed by atoms with Crippen molar-refractivity contribution < 1.29 is 0 Å². The number of aliphatic imine (C=N–C) groups is 1. The Kier molecular flexibility index (Phi) is 6.40. The molecule has 20 heavy (non-hydrogen) atoms. The molecule has 0 amide bonds. The molecule has 0 heterocycles. The van der Waals surface area contributed by atoms with Crippen molar-refractivity contribution in [3.63, 3.8) is 0 Å². The van der Waals surface area contributed by atoms with Crippen LogP contribution in [0.3, 0.4) is 0 Å². The van der Waals surface area contributed by atoms with Gasteiger partial charge in [0.2, 0.25) is 0 Å². The molecule has 0 unspecified atom stereocenters. The number of benzene rings is 1. The molecule has 1 aromatic carbocycles. The van der Waals surface area contributed by atoms with Gasteiger partial charge in [0.05, 0.1) is 0 Å². The molecule has 0 saturated heterocycles. The number of thioether (sulfide) groups is 1. The number of hydrogen-bond donors (Lipinski definition) is 1. The van der Waals surface area contributed by atoms with E-state index in [0.29, 0.717) is 0 Å². The fourth-order valence-corrected chi connectivity index (χ4v) is 2.08. The van der Waals surface area contributed by atoms with E-state index in [9.17, 15) is 0 Å². The molecule has 0 aliphatic carbocycles. The van der Waals surface area contributed by atoms with Crippen LogP contribution in [0.1, 0.15) is 25.0 Å². The molecule has 112 valence electrons. The second-order valence-electron chi connectivity index (χ2n) is 5.65. The highest BCUT2D eigenvalue weighted by Crippen LogP contribution is 2.19. The van der Waals surface area contributed by atoms with Crippen LogP contribution in [0.5, 0.6) is 0 Å². The van der Waals surface area contributed by atoms with E-state index in [1.807, 2.05) is 18.8 Å². The minimum atomic E-state index is 0.208. The van der Waals surface area contributed by atoms with Gasteiger partial charge in [0.25, 0.3) is 0 Å². The fraction of sp³-hybridized carbons (Fsp3) is 0.562. The summed E-state index contributed by atoms with van der Waals surface area (Å²) in [5, 5.41) is 3.46. The Balaban J connectivity index is 2.65. The van der Waals surface area contributed by atoms with Crippen molar-refractivity contribution in [2.24, 2.45) is 4.99 Å². The van der Waals surface area contributed by atoms with Crippen molar-refractivity contribution in [1.29, 1.82) is 0 Å². The minimum Gasteiger partial charge on any atom is -0.355 e. The van der Waals surface area contributed by atoms with Gasteiger partial charge < -0.3 is 10.2 Å². The molecular formula is C16H27N3S. The first-order valence-electron chi connectivity index (χ1n) is 6.91. The van der Waals surface area contributed by atoms with Crippen molar-refractivity contribution in [2.45, 2.75) is 32.1 Å². The monoisotopic (exact) mass is 293 g/mol. The molecular weight excluding hydrogens is 266 g/mol. The van der Waals surface area contributed by atoms with Crippen LogP contribution in [-0.2, 0) is 6.54 Å². The van der Waals surface area contributed by atoms with Gasteiger partial charge >= 0.3 is 0 Å². The zero-order chi connectivity index (χ0) is 15.2. The van der Waals surface area contributed by atoms with Crippen molar-refractivity contribution in [1.82, 2.24) is 10.2 Å². The third-order valence-electron chi connectivity index (χ3n) is 3.47. The molecule has 0 aromatic heterocycles. The standard InChI is InChI=1S/C16H27N3S/c1-13-9-7-8-10-14(13)11-19(5)15(17-4)18-12-16(2,3)20-6/h7-10H,11-12H2,1-6H3,(H,17,18). The Morgan fingerprint density at radius 2 is 2.00 bits per heavy atom. The largest absolute Gasteiger partial charge is 0.355 e. The maximum Gasteiger partial charge on any atom is 0.193 e. The highest BCUT2D eigenvalue weighted by molar-refractivity contribution is 7.99. The van der Waals surface area contributed by atoms with E-state index in [1.165, 1.54) is 11.1 Å². The summed E-state index contributed by atoms with van der Waals surface area (Å²) in [4.78, 5) is 6.54. The van der Waals surface area contributed by atoms with E-state index in [2.05, 4.69) is 73.5 Å². The third-order valence-corrected chi connectivity index (χ3v) is 4.72. The second kappa shape index (κ2) is 7.58. The first-order chi connectivity index (χ1) is 9.39. The van der Waals surface area contributed by atoms with Crippen molar-refractivity contribution in [3.05, 3.63) is 35.4 Å². The summed E-state index contributed by atoms with van der Waals surface area (Å²) in [5.41, 5.74) is 2.65. The number of hydrogen-bond acceptors (Lipinski definition) is 2. The summed E-state index contributed by atoms with van der Waals surface area (Å²) in [6.45, 7) is 8.39. The lowest BCUT2D eigenvalue weighted by Gasteiger charge is -2.28. The van der Waals surface area contributed by atoms with Crippen LogP contribution in [-0.4, -0.2) is 42.5 Å². The summed E-state index contributed by atoms with van der Waals surface area (Å²) >= 11 is 1.86. The van der Waals surface area contributed by atoms with E-state index in [1.54, 1.807) is 0 Å². The molecule has 0 aliphatic heterocycles. The molecule has 1 aromatic rings. The Morgan fingerprint density at radius 3 is 2.55 bits per heavy atom. The van der Waals surface area contributed by atoms with E-state index in [-0.39, 0.29) is 4.75 Å². The van der Waals surface area contributed by atoms with Crippen LogP contribution in [0, 0.1) is 6.92 Å². The van der Waals surface area contributed by atoms with Crippen LogP contribution in [0.4, 0.5) is 0 Å². The summed E-state index contributed by atoms with van der Waals surface area (Å²) in [6, 6.07) is 8.48. The molecule has 0 aliphatic rings. The van der Waals surface area contributed by atoms with Gasteiger partial charge in [-0.2, -0.15) is 11.8 Å². The molecule has 0 spiro atoms. The number of nitrogens with zero attached hydrogens (tertiary/aromatic N) is 2. The van der Waals surface area contributed by atoms with Gasteiger partial charge in [-0.15, -0.1) is 0 Å². The third kappa shape index (κ3) is 5.08. The highest BCUT2D eigenvalue weighted by Gasteiger charge is 2.17. The van der Waals surface area contributed by atoms with Crippen molar-refractivity contribution in [2.75, 3.05) is 26.9 Å². The van der Waals surface area contributed by atoms with Gasteiger partial charge in [-0.05, 0) is 38.2 Å². The molecule has 0 radical (unpaired) electrons. The maximum atomic E-state index is 4.37. The first-order valence-corrected chi connectivity index (χ1v) is 8.13. The smallest absolute Gasteiger partial charge is 0.193 e. The fourth-order valence-electron chi connectivity index (χ4n) is 1.87. The Morgan fingerprint density at radius 1 is 1.35 bits per heavy atom. The van der Waals surface area contributed by atoms with E-state index >= 15 is 0 Å². The molecule has 0 atom stereocenters. The van der Waals surface area contributed by atoms with Gasteiger partial charge in [0.1, 0.15) is 0 Å². The lowest BCUT2D eigenvalue weighted by Crippen LogP contribution is -2.43. The lowest BCUT2D eigenvalue weighted by molar-refractivity contribution is 0.470. The molecule has 3 nitrogen and oxygen atoms in total. The van der Waals surface area contributed by atoms with Gasteiger partial charge in [-0.1, -0.05) is 24.3 Å². The van der Waals surface area contributed by atoms with Crippen LogP contribution in [0.15, 0.2) is 29.3 Å². The average molecular weight is 293 g/mol. The van der Waals surface area contributed by atoms with Gasteiger partial charge in [0, 0.05) is 31.9 Å². The zero-order valence-corrected chi connectivity index (χ0v) is 14.3. The number of rotatable bonds is 5. The van der Waals surface area contributed by atoms with E-state index in [0.717, 1.165) is 19.0 Å². The van der Waals surface area contributed by atoms with E-state index in [4.69, 9.17) is 0 Å². The normalized spacial score (nSPS) is 12.4. The van der Waals surface area contributed by atoms with Gasteiger partial charge in [-0.25, -0.2) is 0 Å². The summed E-state index contributed by atoms with van der Waals surface area (Å²) in [7, 11) is 3.91. The van der Waals surface area contributed by atoms with Gasteiger partial charge in [0.15, 0.2) is 5.96 Å². The topological polar surface area (TPSA) is 27.6 Å². The molecule has 4 heteroatoms. The predicted molar refractivity (Wildman–Crippen MR) is 91.6 cm³/mol. The zero-order valence-electron chi connectivity index (χ0n) is 13.5. The van der Waals surface area contributed by atoms with Crippen LogP contribution in [0.2, 0.25) is 0 Å².